The van der Waals surface area contributed by atoms with Gasteiger partial charge in [0.2, 0.25) is 0 Å². The van der Waals surface area contributed by atoms with Crippen molar-refractivity contribution in [2.75, 3.05) is 25.7 Å². The first kappa shape index (κ1) is 24.2. The molecule has 1 atom stereocenters. The molecule has 1 rings (SSSR count). The molecule has 0 radical (unpaired) electrons. The minimum Gasteiger partial charge on any atom is -0.394 e. The SMILES string of the molecule is CS(=O)(=O)O.CS(=O)(=O)O.OC[C@@H](O)COCc1ccccc1. The summed E-state index contributed by atoms with van der Waals surface area (Å²) in [7, 11) is -7.33. The van der Waals surface area contributed by atoms with Crippen LogP contribution >= 0.6 is 0 Å². The summed E-state index contributed by atoms with van der Waals surface area (Å²) in [5.41, 5.74) is 1.06. The lowest BCUT2D eigenvalue weighted by Crippen LogP contribution is -2.19. The van der Waals surface area contributed by atoms with Crippen molar-refractivity contribution >= 4 is 20.2 Å². The van der Waals surface area contributed by atoms with E-state index in [1.54, 1.807) is 0 Å². The van der Waals surface area contributed by atoms with Crippen LogP contribution in [0.15, 0.2) is 30.3 Å². The lowest BCUT2D eigenvalue weighted by Gasteiger charge is -2.07. The molecule has 9 nitrogen and oxygen atoms in total. The number of aliphatic hydroxyl groups is 2. The predicted molar refractivity (Wildman–Crippen MR) is 84.1 cm³/mol. The van der Waals surface area contributed by atoms with Crippen LogP contribution in [0.3, 0.4) is 0 Å². The average Bonchev–Trinajstić information content (AvgIpc) is 2.36. The molecule has 0 aliphatic rings. The van der Waals surface area contributed by atoms with Gasteiger partial charge >= 0.3 is 0 Å². The number of hydrogen-bond acceptors (Lipinski definition) is 7. The molecule has 11 heteroatoms. The first-order valence-electron chi connectivity index (χ1n) is 6.08. The van der Waals surface area contributed by atoms with Crippen LogP contribution in [0.25, 0.3) is 0 Å². The van der Waals surface area contributed by atoms with E-state index in [9.17, 15) is 16.8 Å². The highest BCUT2D eigenvalue weighted by Gasteiger charge is 2.00. The van der Waals surface area contributed by atoms with Crippen molar-refractivity contribution in [3.05, 3.63) is 35.9 Å². The molecule has 1 aromatic rings. The van der Waals surface area contributed by atoms with Gasteiger partial charge in [0.25, 0.3) is 20.2 Å². The van der Waals surface area contributed by atoms with E-state index in [1.165, 1.54) is 0 Å². The van der Waals surface area contributed by atoms with Gasteiger partial charge in [-0.2, -0.15) is 16.8 Å². The zero-order chi connectivity index (χ0) is 18.5. The van der Waals surface area contributed by atoms with E-state index in [1.807, 2.05) is 30.3 Å². The summed E-state index contributed by atoms with van der Waals surface area (Å²) in [5, 5.41) is 17.5. The van der Waals surface area contributed by atoms with E-state index in [0.717, 1.165) is 5.56 Å². The Bertz CT molecular complexity index is 551. The highest BCUT2D eigenvalue weighted by molar-refractivity contribution is 7.85. The fraction of sp³-hybridized carbons (Fsp3) is 0.500. The van der Waals surface area contributed by atoms with Crippen molar-refractivity contribution in [2.45, 2.75) is 12.7 Å². The Morgan fingerprint density at radius 1 is 1.00 bits per heavy atom. The van der Waals surface area contributed by atoms with Gasteiger partial charge in [0, 0.05) is 0 Å². The van der Waals surface area contributed by atoms with E-state index >= 15 is 0 Å². The van der Waals surface area contributed by atoms with Gasteiger partial charge in [0.05, 0.1) is 32.3 Å². The van der Waals surface area contributed by atoms with Crippen LogP contribution < -0.4 is 0 Å². The average molecular weight is 374 g/mol. The molecule has 0 spiro atoms. The zero-order valence-corrected chi connectivity index (χ0v) is 14.4. The third-order valence-corrected chi connectivity index (χ3v) is 1.63. The molecular weight excluding hydrogens is 352 g/mol. The molecule has 0 saturated heterocycles. The molecule has 0 heterocycles. The number of hydrogen-bond donors (Lipinski definition) is 4. The second kappa shape index (κ2) is 12.4. The molecular formula is C12H22O9S2. The van der Waals surface area contributed by atoms with Gasteiger partial charge in [-0.1, -0.05) is 30.3 Å². The molecule has 0 unspecified atom stereocenters. The first-order chi connectivity index (χ1) is 10.3. The highest BCUT2D eigenvalue weighted by Crippen LogP contribution is 2.00. The number of aliphatic hydroxyl groups excluding tert-OH is 2. The highest BCUT2D eigenvalue weighted by atomic mass is 32.2. The number of rotatable bonds is 5. The van der Waals surface area contributed by atoms with Gasteiger partial charge in [0.15, 0.2) is 0 Å². The molecule has 0 aliphatic heterocycles. The maximum absolute atomic E-state index is 9.19. The maximum atomic E-state index is 9.19. The lowest BCUT2D eigenvalue weighted by atomic mass is 10.2. The minimum absolute atomic E-state index is 0.172. The fourth-order valence-electron chi connectivity index (χ4n) is 0.940. The number of benzene rings is 1. The molecule has 1 aromatic carbocycles. The van der Waals surface area contributed by atoms with Crippen LogP contribution in [0.4, 0.5) is 0 Å². The Morgan fingerprint density at radius 2 is 1.39 bits per heavy atom. The van der Waals surface area contributed by atoms with Crippen LogP contribution in [0.1, 0.15) is 5.56 Å². The molecule has 0 aromatic heterocycles. The Kier molecular flexibility index (Phi) is 13.0. The van der Waals surface area contributed by atoms with Gasteiger partial charge in [-0.15, -0.1) is 0 Å². The normalized spacial score (nSPS) is 12.3. The maximum Gasteiger partial charge on any atom is 0.261 e. The van der Waals surface area contributed by atoms with Crippen molar-refractivity contribution in [3.8, 4) is 0 Å². The first-order valence-corrected chi connectivity index (χ1v) is 9.78. The third-order valence-electron chi connectivity index (χ3n) is 1.63. The van der Waals surface area contributed by atoms with Crippen molar-refractivity contribution in [1.29, 1.82) is 0 Å². The molecule has 136 valence electrons. The molecule has 4 N–H and O–H groups in total. The molecule has 0 fully saturated rings. The molecule has 0 saturated carbocycles. The van der Waals surface area contributed by atoms with E-state index in [4.69, 9.17) is 24.1 Å². The minimum atomic E-state index is -3.67. The van der Waals surface area contributed by atoms with Gasteiger partial charge in [-0.25, -0.2) is 0 Å². The van der Waals surface area contributed by atoms with Crippen LogP contribution in [0, 0.1) is 0 Å². The van der Waals surface area contributed by atoms with E-state index in [2.05, 4.69) is 0 Å². The zero-order valence-electron chi connectivity index (χ0n) is 12.7. The van der Waals surface area contributed by atoms with E-state index < -0.39 is 26.3 Å². The summed E-state index contributed by atoms with van der Waals surface area (Å²) >= 11 is 0. The number of ether oxygens (including phenoxy) is 1. The monoisotopic (exact) mass is 374 g/mol. The van der Waals surface area contributed by atoms with Crippen molar-refractivity contribution in [2.24, 2.45) is 0 Å². The van der Waals surface area contributed by atoms with Crippen LogP contribution in [0.2, 0.25) is 0 Å². The van der Waals surface area contributed by atoms with Crippen LogP contribution in [0.5, 0.6) is 0 Å². The summed E-state index contributed by atoms with van der Waals surface area (Å²) in [5.74, 6) is 0. The van der Waals surface area contributed by atoms with Crippen LogP contribution in [-0.4, -0.2) is 68.0 Å². The third kappa shape index (κ3) is 33.6. The Labute approximate surface area is 136 Å². The quantitative estimate of drug-likeness (QED) is 0.501. The fourth-order valence-corrected chi connectivity index (χ4v) is 0.940. The largest absolute Gasteiger partial charge is 0.394 e. The summed E-state index contributed by atoms with van der Waals surface area (Å²) in [4.78, 5) is 0. The van der Waals surface area contributed by atoms with E-state index in [0.29, 0.717) is 19.1 Å². The Balaban J connectivity index is 0. The molecule has 0 bridgehead atoms. The lowest BCUT2D eigenvalue weighted by molar-refractivity contribution is 0.0000253. The van der Waals surface area contributed by atoms with Gasteiger partial charge in [0.1, 0.15) is 6.10 Å². The summed E-state index contributed by atoms with van der Waals surface area (Å²) in [6, 6.07) is 9.70. The van der Waals surface area contributed by atoms with Crippen molar-refractivity contribution in [1.82, 2.24) is 0 Å². The second-order valence-electron chi connectivity index (χ2n) is 4.30. The second-order valence-corrected chi connectivity index (χ2v) is 7.24. The smallest absolute Gasteiger partial charge is 0.261 e. The summed E-state index contributed by atoms with van der Waals surface area (Å²) in [6.07, 6.45) is 0.656. The molecule has 0 aliphatic carbocycles. The van der Waals surface area contributed by atoms with Crippen LogP contribution in [-0.2, 0) is 31.6 Å². The topological polar surface area (TPSA) is 158 Å². The van der Waals surface area contributed by atoms with E-state index in [-0.39, 0.29) is 13.2 Å². The Hall–Kier alpha value is -1.08. The van der Waals surface area contributed by atoms with Gasteiger partial charge < -0.3 is 14.9 Å². The summed E-state index contributed by atoms with van der Waals surface area (Å²) in [6.45, 7) is 0.387. The summed E-state index contributed by atoms with van der Waals surface area (Å²) < 4.78 is 56.9. The Morgan fingerprint density at radius 3 is 1.74 bits per heavy atom. The molecule has 0 amide bonds. The standard InChI is InChI=1S/C10H14O3.2CH4O3S/c11-6-10(12)8-13-7-9-4-2-1-3-5-9;2*1-5(2,3)4/h1-5,10-12H,6-8H2;2*1H3,(H,2,3,4)/t10-;;/m1../s1. The predicted octanol–water partition coefficient (Wildman–Crippen LogP) is -0.436. The van der Waals surface area contributed by atoms with Crippen molar-refractivity contribution < 1.29 is 40.9 Å². The molecule has 23 heavy (non-hydrogen) atoms. The van der Waals surface area contributed by atoms with Crippen molar-refractivity contribution in [3.63, 3.8) is 0 Å². The van der Waals surface area contributed by atoms with Gasteiger partial charge in [-0.3, -0.25) is 9.11 Å². The van der Waals surface area contributed by atoms with Gasteiger partial charge in [-0.05, 0) is 5.56 Å².